The molecular formula is C19H28N2. The van der Waals surface area contributed by atoms with E-state index in [4.69, 9.17) is 0 Å². The van der Waals surface area contributed by atoms with Crippen molar-refractivity contribution in [3.05, 3.63) is 35.9 Å². The number of hydrogen-bond acceptors (Lipinski definition) is 2. The second-order valence-corrected chi connectivity index (χ2v) is 7.27. The Kier molecular flexibility index (Phi) is 4.00. The van der Waals surface area contributed by atoms with Crippen molar-refractivity contribution in [1.82, 2.24) is 10.2 Å². The highest BCUT2D eigenvalue weighted by Gasteiger charge is 2.38. The van der Waals surface area contributed by atoms with Gasteiger partial charge in [-0.05, 0) is 63.0 Å². The molecule has 1 saturated carbocycles. The molecule has 21 heavy (non-hydrogen) atoms. The number of hydrogen-bond donors (Lipinski definition) is 1. The zero-order chi connectivity index (χ0) is 14.1. The van der Waals surface area contributed by atoms with Crippen molar-refractivity contribution < 1.29 is 0 Å². The average molecular weight is 284 g/mol. The van der Waals surface area contributed by atoms with E-state index in [0.29, 0.717) is 0 Å². The molecule has 1 aromatic carbocycles. The molecule has 2 nitrogen and oxygen atoms in total. The highest BCUT2D eigenvalue weighted by Crippen LogP contribution is 2.34. The van der Waals surface area contributed by atoms with Gasteiger partial charge in [0, 0.05) is 24.7 Å². The summed E-state index contributed by atoms with van der Waals surface area (Å²) in [5, 5.41) is 4.02. The lowest BCUT2D eigenvalue weighted by Gasteiger charge is -2.33. The number of nitrogens with one attached hydrogen (secondary N) is 1. The van der Waals surface area contributed by atoms with Gasteiger partial charge >= 0.3 is 0 Å². The van der Waals surface area contributed by atoms with Gasteiger partial charge in [0.25, 0.3) is 0 Å². The third-order valence-corrected chi connectivity index (χ3v) is 6.05. The third kappa shape index (κ3) is 2.89. The fourth-order valence-corrected chi connectivity index (χ4v) is 4.90. The first kappa shape index (κ1) is 13.8. The summed E-state index contributed by atoms with van der Waals surface area (Å²) in [6.07, 6.45) is 9.68. The van der Waals surface area contributed by atoms with E-state index in [-0.39, 0.29) is 0 Å². The Hall–Kier alpha value is -0.860. The Labute approximate surface area is 128 Å². The lowest BCUT2D eigenvalue weighted by atomic mass is 9.81. The Balaban J connectivity index is 1.30. The monoisotopic (exact) mass is 284 g/mol. The molecule has 0 amide bonds. The summed E-state index contributed by atoms with van der Waals surface area (Å²) in [5.74, 6) is 0.802. The molecule has 2 heterocycles. The van der Waals surface area contributed by atoms with Crippen LogP contribution >= 0.6 is 0 Å². The van der Waals surface area contributed by atoms with Crippen LogP contribution in [-0.2, 0) is 0 Å². The minimum Gasteiger partial charge on any atom is -0.310 e. The zero-order valence-electron chi connectivity index (χ0n) is 13.0. The molecule has 3 aliphatic rings. The highest BCUT2D eigenvalue weighted by atomic mass is 15.2. The maximum Gasteiger partial charge on any atom is 0.0250 e. The summed E-state index contributed by atoms with van der Waals surface area (Å²) in [5.41, 5.74) is 1.55. The van der Waals surface area contributed by atoms with E-state index in [2.05, 4.69) is 40.5 Å². The van der Waals surface area contributed by atoms with Crippen LogP contribution in [0.5, 0.6) is 0 Å². The van der Waals surface area contributed by atoms with Gasteiger partial charge in [-0.2, -0.15) is 0 Å². The molecule has 3 fully saturated rings. The first-order valence-corrected chi connectivity index (χ1v) is 8.95. The van der Waals surface area contributed by atoms with E-state index in [1.165, 1.54) is 58.0 Å². The van der Waals surface area contributed by atoms with E-state index < -0.39 is 0 Å². The number of rotatable bonds is 3. The van der Waals surface area contributed by atoms with Crippen LogP contribution in [0.1, 0.15) is 56.4 Å². The van der Waals surface area contributed by atoms with Crippen LogP contribution < -0.4 is 5.32 Å². The van der Waals surface area contributed by atoms with Gasteiger partial charge in [0.15, 0.2) is 0 Å². The van der Waals surface area contributed by atoms with Gasteiger partial charge in [-0.25, -0.2) is 0 Å². The van der Waals surface area contributed by atoms with Crippen molar-refractivity contribution in [3.63, 3.8) is 0 Å². The summed E-state index contributed by atoms with van der Waals surface area (Å²) >= 11 is 0. The van der Waals surface area contributed by atoms with Crippen LogP contribution in [0.2, 0.25) is 0 Å². The number of benzene rings is 1. The molecule has 0 aromatic heterocycles. The van der Waals surface area contributed by atoms with Crippen LogP contribution in [-0.4, -0.2) is 36.1 Å². The molecule has 0 spiro atoms. The minimum atomic E-state index is 0.774. The van der Waals surface area contributed by atoms with Crippen LogP contribution in [0.15, 0.2) is 30.3 Å². The average Bonchev–Trinajstić information content (AvgIpc) is 3.14. The second kappa shape index (κ2) is 6.10. The molecule has 1 N–H and O–H groups in total. The summed E-state index contributed by atoms with van der Waals surface area (Å²) in [6, 6.07) is 13.5. The quantitative estimate of drug-likeness (QED) is 0.913. The molecular weight excluding hydrogens is 256 g/mol. The maximum absolute atomic E-state index is 4.02. The van der Waals surface area contributed by atoms with Gasteiger partial charge in [0.2, 0.25) is 0 Å². The molecule has 2 aliphatic heterocycles. The molecule has 1 aromatic rings. The second-order valence-electron chi connectivity index (χ2n) is 7.27. The van der Waals surface area contributed by atoms with Gasteiger partial charge in [0.05, 0.1) is 0 Å². The largest absolute Gasteiger partial charge is 0.310 e. The molecule has 2 unspecified atom stereocenters. The summed E-state index contributed by atoms with van der Waals surface area (Å²) < 4.78 is 0. The fraction of sp³-hybridized carbons (Fsp3) is 0.684. The molecule has 0 radical (unpaired) electrons. The van der Waals surface area contributed by atoms with Crippen LogP contribution in [0.4, 0.5) is 0 Å². The molecule has 2 heteroatoms. The van der Waals surface area contributed by atoms with Crippen LogP contribution in [0.25, 0.3) is 0 Å². The van der Waals surface area contributed by atoms with E-state index in [1.54, 1.807) is 5.56 Å². The first-order valence-electron chi connectivity index (χ1n) is 8.95. The lowest BCUT2D eigenvalue weighted by molar-refractivity contribution is 0.263. The van der Waals surface area contributed by atoms with Gasteiger partial charge in [-0.3, -0.25) is 4.90 Å². The predicted molar refractivity (Wildman–Crippen MR) is 87.6 cm³/mol. The van der Waals surface area contributed by atoms with Crippen molar-refractivity contribution >= 4 is 0 Å². The third-order valence-electron chi connectivity index (χ3n) is 6.05. The molecule has 114 valence electrons. The summed E-state index contributed by atoms with van der Waals surface area (Å²) in [7, 11) is 0. The Morgan fingerprint density at radius 1 is 0.857 bits per heavy atom. The van der Waals surface area contributed by atoms with Crippen molar-refractivity contribution in [2.45, 2.75) is 69.0 Å². The standard InChI is InChI=1S/C19H28N2/c1-2-5-15(6-3-1)16-8-10-17(11-9-16)20-18-12-14-21-13-4-7-19(18)21/h1-3,5-6,16-20H,4,7-14H2. The highest BCUT2D eigenvalue weighted by molar-refractivity contribution is 5.20. The number of fused-ring (bicyclic) bond motifs is 1. The van der Waals surface area contributed by atoms with Gasteiger partial charge in [-0.1, -0.05) is 30.3 Å². The van der Waals surface area contributed by atoms with Crippen molar-refractivity contribution in [1.29, 1.82) is 0 Å². The van der Waals surface area contributed by atoms with Crippen molar-refractivity contribution in [2.75, 3.05) is 13.1 Å². The first-order chi connectivity index (χ1) is 10.4. The SMILES string of the molecule is c1ccc(C2CCC(NC3CCN4CCCC34)CC2)cc1. The zero-order valence-corrected chi connectivity index (χ0v) is 13.0. The van der Waals surface area contributed by atoms with Crippen LogP contribution in [0.3, 0.4) is 0 Å². The Bertz CT molecular complexity index is 450. The molecule has 0 bridgehead atoms. The topological polar surface area (TPSA) is 15.3 Å². The normalized spacial score (nSPS) is 36.8. The van der Waals surface area contributed by atoms with E-state index in [1.807, 2.05) is 0 Å². The molecule has 2 saturated heterocycles. The molecule has 1 aliphatic carbocycles. The van der Waals surface area contributed by atoms with Crippen molar-refractivity contribution in [3.8, 4) is 0 Å². The van der Waals surface area contributed by atoms with E-state index in [0.717, 1.165) is 24.0 Å². The summed E-state index contributed by atoms with van der Waals surface area (Å²) in [4.78, 5) is 2.72. The van der Waals surface area contributed by atoms with Gasteiger partial charge in [0.1, 0.15) is 0 Å². The Morgan fingerprint density at radius 2 is 1.67 bits per heavy atom. The maximum atomic E-state index is 4.02. The lowest BCUT2D eigenvalue weighted by Crippen LogP contribution is -2.45. The number of nitrogens with zero attached hydrogens (tertiary/aromatic N) is 1. The molecule has 4 rings (SSSR count). The van der Waals surface area contributed by atoms with E-state index in [9.17, 15) is 0 Å². The minimum absolute atomic E-state index is 0.774. The predicted octanol–water partition coefficient (Wildman–Crippen LogP) is 3.54. The van der Waals surface area contributed by atoms with Crippen molar-refractivity contribution in [2.24, 2.45) is 0 Å². The van der Waals surface area contributed by atoms with Crippen LogP contribution in [0, 0.1) is 0 Å². The smallest absolute Gasteiger partial charge is 0.0250 e. The van der Waals surface area contributed by atoms with Gasteiger partial charge < -0.3 is 5.32 Å². The summed E-state index contributed by atoms with van der Waals surface area (Å²) in [6.45, 7) is 2.69. The van der Waals surface area contributed by atoms with E-state index >= 15 is 0 Å². The van der Waals surface area contributed by atoms with Gasteiger partial charge in [-0.15, -0.1) is 0 Å². The fourth-order valence-electron chi connectivity index (χ4n) is 4.90. The Morgan fingerprint density at radius 3 is 2.48 bits per heavy atom. The molecule has 2 atom stereocenters.